The average Bonchev–Trinajstić information content (AvgIpc) is 2.81. The van der Waals surface area contributed by atoms with E-state index >= 15 is 0 Å². The molecule has 0 aliphatic rings. The molecule has 0 fully saturated rings. The Labute approximate surface area is 121 Å². The third kappa shape index (κ3) is 3.32. The SMILES string of the molecule is C[I-]c1cc(C#N)cc(C#Cc2csc(C)n2)c1. The van der Waals surface area contributed by atoms with E-state index in [4.69, 9.17) is 5.26 Å². The van der Waals surface area contributed by atoms with Crippen molar-refractivity contribution in [2.24, 2.45) is 0 Å². The van der Waals surface area contributed by atoms with Gasteiger partial charge in [-0.05, 0) is 0 Å². The molecule has 1 aromatic carbocycles. The number of thiazole rings is 1. The predicted molar refractivity (Wildman–Crippen MR) is 68.6 cm³/mol. The molecule has 0 spiro atoms. The third-order valence-corrected chi connectivity index (χ3v) is 4.84. The van der Waals surface area contributed by atoms with Gasteiger partial charge in [0.25, 0.3) is 0 Å². The summed E-state index contributed by atoms with van der Waals surface area (Å²) < 4.78 is 1.24. The van der Waals surface area contributed by atoms with Crippen LogP contribution in [0.1, 0.15) is 21.8 Å². The molecule has 0 saturated carbocycles. The van der Waals surface area contributed by atoms with Crippen molar-refractivity contribution >= 4 is 11.3 Å². The molecule has 1 heterocycles. The molecule has 2 nitrogen and oxygen atoms in total. The summed E-state index contributed by atoms with van der Waals surface area (Å²) in [5.74, 6) is 6.12. The van der Waals surface area contributed by atoms with Gasteiger partial charge >= 0.3 is 122 Å². The zero-order chi connectivity index (χ0) is 13.0. The number of benzene rings is 1. The second-order valence-electron chi connectivity index (χ2n) is 3.53. The molecular weight excluding hydrogens is 355 g/mol. The maximum absolute atomic E-state index is 8.97. The van der Waals surface area contributed by atoms with Crippen LogP contribution >= 0.6 is 11.3 Å². The minimum atomic E-state index is -0.0252. The standard InChI is InChI=1S/C14H10IN2S/c1-10-17-14(9-18-10)4-3-11-5-12(8-16)7-13(6-11)15-2/h5-7,9H,1-2H3/q-1. The molecule has 0 saturated heterocycles. The van der Waals surface area contributed by atoms with Gasteiger partial charge in [0.1, 0.15) is 0 Å². The molecule has 1 aromatic heterocycles. The van der Waals surface area contributed by atoms with Gasteiger partial charge in [-0.2, -0.15) is 0 Å². The minimum absolute atomic E-state index is 0.0252. The van der Waals surface area contributed by atoms with Crippen molar-refractivity contribution in [1.82, 2.24) is 4.98 Å². The summed E-state index contributed by atoms with van der Waals surface area (Å²) in [6.45, 7) is 1.96. The van der Waals surface area contributed by atoms with Gasteiger partial charge in [0.2, 0.25) is 0 Å². The van der Waals surface area contributed by atoms with Gasteiger partial charge in [-0.25, -0.2) is 0 Å². The Balaban J connectivity index is 2.35. The van der Waals surface area contributed by atoms with Crippen LogP contribution in [0.5, 0.6) is 0 Å². The van der Waals surface area contributed by atoms with E-state index < -0.39 is 0 Å². The number of nitrogens with zero attached hydrogens (tertiary/aromatic N) is 2. The van der Waals surface area contributed by atoms with Crippen LogP contribution in [0.15, 0.2) is 23.6 Å². The molecule has 0 atom stereocenters. The number of aromatic nitrogens is 1. The normalized spacial score (nSPS) is 9.61. The van der Waals surface area contributed by atoms with Crippen LogP contribution in [0.2, 0.25) is 0 Å². The number of hydrogen-bond acceptors (Lipinski definition) is 3. The first-order valence-corrected chi connectivity index (χ1v) is 9.31. The summed E-state index contributed by atoms with van der Waals surface area (Å²) in [6.07, 6.45) is 0. The third-order valence-electron chi connectivity index (χ3n) is 2.20. The van der Waals surface area contributed by atoms with E-state index in [1.807, 2.05) is 24.4 Å². The first kappa shape index (κ1) is 13.1. The molecule has 18 heavy (non-hydrogen) atoms. The number of nitriles is 1. The van der Waals surface area contributed by atoms with E-state index in [1.54, 1.807) is 11.3 Å². The quantitative estimate of drug-likeness (QED) is 0.392. The van der Waals surface area contributed by atoms with Gasteiger partial charge in [-0.15, -0.1) is 0 Å². The Morgan fingerprint density at radius 3 is 2.61 bits per heavy atom. The fourth-order valence-corrected chi connectivity index (χ4v) is 3.23. The predicted octanol–water partition coefficient (Wildman–Crippen LogP) is -0.389. The number of rotatable bonds is 1. The number of aryl methyl sites for hydroxylation is 1. The van der Waals surface area contributed by atoms with Crippen LogP contribution in [-0.4, -0.2) is 9.91 Å². The van der Waals surface area contributed by atoms with Crippen LogP contribution in [0.4, 0.5) is 0 Å². The van der Waals surface area contributed by atoms with Crippen molar-refractivity contribution in [2.75, 3.05) is 4.93 Å². The zero-order valence-electron chi connectivity index (χ0n) is 9.99. The van der Waals surface area contributed by atoms with Crippen LogP contribution in [0, 0.1) is 33.7 Å². The van der Waals surface area contributed by atoms with Gasteiger partial charge in [-0.3, -0.25) is 0 Å². The van der Waals surface area contributed by atoms with Crippen molar-refractivity contribution in [1.29, 1.82) is 5.26 Å². The molecule has 0 radical (unpaired) electrons. The molecular formula is C14H10IN2S-. The van der Waals surface area contributed by atoms with Crippen LogP contribution in [-0.2, 0) is 0 Å². The zero-order valence-corrected chi connectivity index (χ0v) is 13.0. The second-order valence-corrected chi connectivity index (χ2v) is 6.92. The second kappa shape index (κ2) is 5.99. The van der Waals surface area contributed by atoms with Gasteiger partial charge in [0, 0.05) is 0 Å². The summed E-state index contributed by atoms with van der Waals surface area (Å²) >= 11 is 1.57. The Kier molecular flexibility index (Phi) is 4.35. The Hall–Kier alpha value is -1.37. The molecule has 0 aliphatic heterocycles. The molecule has 2 aromatic rings. The number of hydrogen-bond donors (Lipinski definition) is 0. The van der Waals surface area contributed by atoms with Crippen LogP contribution in [0.25, 0.3) is 0 Å². The van der Waals surface area contributed by atoms with E-state index in [0.29, 0.717) is 5.56 Å². The van der Waals surface area contributed by atoms with Crippen LogP contribution < -0.4 is 21.2 Å². The van der Waals surface area contributed by atoms with Gasteiger partial charge in [0.05, 0.1) is 0 Å². The maximum atomic E-state index is 8.97. The van der Waals surface area contributed by atoms with E-state index in [0.717, 1.165) is 16.3 Å². The molecule has 0 aliphatic carbocycles. The van der Waals surface area contributed by atoms with Crippen molar-refractivity contribution in [3.63, 3.8) is 0 Å². The van der Waals surface area contributed by atoms with Crippen molar-refractivity contribution in [3.05, 3.63) is 49.0 Å². The van der Waals surface area contributed by atoms with E-state index in [1.165, 1.54) is 3.57 Å². The molecule has 0 unspecified atom stereocenters. The summed E-state index contributed by atoms with van der Waals surface area (Å²) in [4.78, 5) is 6.47. The molecule has 0 bridgehead atoms. The van der Waals surface area contributed by atoms with Crippen molar-refractivity contribution in [2.45, 2.75) is 6.92 Å². The summed E-state index contributed by atoms with van der Waals surface area (Å²) in [7, 11) is 0. The number of alkyl halides is 1. The first-order valence-electron chi connectivity index (χ1n) is 5.20. The van der Waals surface area contributed by atoms with E-state index in [-0.39, 0.29) is 21.2 Å². The van der Waals surface area contributed by atoms with Crippen molar-refractivity contribution < 1.29 is 21.2 Å². The molecule has 0 amide bonds. The van der Waals surface area contributed by atoms with E-state index in [2.05, 4.69) is 33.9 Å². The van der Waals surface area contributed by atoms with Crippen LogP contribution in [0.3, 0.4) is 0 Å². The molecule has 4 heteroatoms. The molecule has 90 valence electrons. The fraction of sp³-hybridized carbons (Fsp3) is 0.143. The summed E-state index contributed by atoms with van der Waals surface area (Å²) in [6, 6.07) is 8.03. The Morgan fingerprint density at radius 1 is 1.22 bits per heavy atom. The molecule has 2 rings (SSSR count). The average molecular weight is 365 g/mol. The van der Waals surface area contributed by atoms with Gasteiger partial charge in [0.15, 0.2) is 0 Å². The van der Waals surface area contributed by atoms with E-state index in [9.17, 15) is 0 Å². The Bertz CT molecular complexity index is 671. The first-order chi connectivity index (χ1) is 8.71. The fourth-order valence-electron chi connectivity index (χ4n) is 1.39. The topological polar surface area (TPSA) is 36.7 Å². The van der Waals surface area contributed by atoms with Gasteiger partial charge in [-0.1, -0.05) is 0 Å². The van der Waals surface area contributed by atoms with Crippen molar-refractivity contribution in [3.8, 4) is 17.9 Å². The van der Waals surface area contributed by atoms with Gasteiger partial charge < -0.3 is 0 Å². The monoisotopic (exact) mass is 365 g/mol. The number of halogens is 1. The Morgan fingerprint density at radius 2 is 2.00 bits per heavy atom. The summed E-state index contributed by atoms with van der Waals surface area (Å²) in [5.41, 5.74) is 2.39. The summed E-state index contributed by atoms with van der Waals surface area (Å²) in [5, 5.41) is 11.9. The molecule has 0 N–H and O–H groups in total.